The fourth-order valence-corrected chi connectivity index (χ4v) is 2.53. The van der Waals surface area contributed by atoms with Gasteiger partial charge in [0.2, 0.25) is 0 Å². The van der Waals surface area contributed by atoms with Crippen LogP contribution >= 0.6 is 0 Å². The first-order chi connectivity index (χ1) is 6.52. The number of hydrogen-bond acceptors (Lipinski definition) is 3. The lowest BCUT2D eigenvalue weighted by Gasteiger charge is -2.05. The van der Waals surface area contributed by atoms with Crippen LogP contribution in [0.25, 0.3) is 0 Å². The van der Waals surface area contributed by atoms with Crippen molar-refractivity contribution in [2.45, 2.75) is 24.3 Å². The summed E-state index contributed by atoms with van der Waals surface area (Å²) in [5.41, 5.74) is 0. The Morgan fingerprint density at radius 1 is 1.29 bits per heavy atom. The zero-order valence-electron chi connectivity index (χ0n) is 8.05. The summed E-state index contributed by atoms with van der Waals surface area (Å²) in [6.07, 6.45) is -0.300. The highest BCUT2D eigenvalue weighted by atomic mass is 32.2. The van der Waals surface area contributed by atoms with Gasteiger partial charge in [-0.2, -0.15) is 0 Å². The van der Waals surface area contributed by atoms with Gasteiger partial charge in [-0.3, -0.25) is 0 Å². The highest BCUT2D eigenvalue weighted by Crippen LogP contribution is 2.11. The number of aliphatic hydroxyl groups is 1. The second kappa shape index (κ2) is 4.57. The number of benzene rings is 1. The van der Waals surface area contributed by atoms with Gasteiger partial charge < -0.3 is 5.11 Å². The van der Waals surface area contributed by atoms with Gasteiger partial charge in [-0.25, -0.2) is 8.42 Å². The fourth-order valence-electron chi connectivity index (χ4n) is 1.07. The maximum Gasteiger partial charge on any atom is 0.178 e. The van der Waals surface area contributed by atoms with Crippen molar-refractivity contribution in [1.29, 1.82) is 0 Å². The second-order valence-corrected chi connectivity index (χ2v) is 5.38. The molecule has 1 rings (SSSR count). The third-order valence-electron chi connectivity index (χ3n) is 1.91. The Hall–Kier alpha value is -0.870. The number of rotatable bonds is 4. The zero-order valence-corrected chi connectivity index (χ0v) is 8.87. The van der Waals surface area contributed by atoms with Crippen LogP contribution in [-0.2, 0) is 9.84 Å². The normalized spacial score (nSPS) is 13.9. The van der Waals surface area contributed by atoms with Gasteiger partial charge in [0.1, 0.15) is 0 Å². The van der Waals surface area contributed by atoms with E-state index in [2.05, 4.69) is 0 Å². The average molecular weight is 214 g/mol. The highest BCUT2D eigenvalue weighted by molar-refractivity contribution is 7.91. The van der Waals surface area contributed by atoms with E-state index in [0.717, 1.165) is 0 Å². The molecule has 0 saturated carbocycles. The number of hydrogen-bond donors (Lipinski definition) is 1. The molecule has 0 aromatic heterocycles. The monoisotopic (exact) mass is 214 g/mol. The Labute approximate surface area is 84.3 Å². The van der Waals surface area contributed by atoms with Gasteiger partial charge in [-0.1, -0.05) is 18.2 Å². The van der Waals surface area contributed by atoms with Crippen LogP contribution in [0.1, 0.15) is 13.3 Å². The van der Waals surface area contributed by atoms with Gasteiger partial charge in [0.05, 0.1) is 16.8 Å². The molecule has 0 spiro atoms. The maximum absolute atomic E-state index is 11.6. The molecular formula is C10H14O3S. The summed E-state index contributed by atoms with van der Waals surface area (Å²) in [6.45, 7) is 1.58. The predicted molar refractivity (Wildman–Crippen MR) is 54.8 cm³/mol. The van der Waals surface area contributed by atoms with Gasteiger partial charge in [-0.05, 0) is 25.5 Å². The standard InChI is InChI=1S/C10H14O3S/c1-9(11)7-8-14(12,13)10-5-3-2-4-6-10/h2-6,9,11H,7-8H2,1H3/t9-/m0/s1. The summed E-state index contributed by atoms with van der Waals surface area (Å²) in [6, 6.07) is 8.28. The Balaban J connectivity index is 2.77. The van der Waals surface area contributed by atoms with Gasteiger partial charge in [0, 0.05) is 0 Å². The third kappa shape index (κ3) is 3.12. The maximum atomic E-state index is 11.6. The van der Waals surface area contributed by atoms with E-state index in [-0.39, 0.29) is 12.2 Å². The molecule has 1 aromatic rings. The zero-order chi connectivity index (χ0) is 10.6. The molecule has 0 saturated heterocycles. The molecule has 0 aliphatic carbocycles. The van der Waals surface area contributed by atoms with E-state index < -0.39 is 15.9 Å². The highest BCUT2D eigenvalue weighted by Gasteiger charge is 2.14. The minimum absolute atomic E-state index is 0.00528. The van der Waals surface area contributed by atoms with E-state index >= 15 is 0 Å². The van der Waals surface area contributed by atoms with E-state index in [0.29, 0.717) is 4.90 Å². The van der Waals surface area contributed by atoms with Crippen molar-refractivity contribution in [3.63, 3.8) is 0 Å². The third-order valence-corrected chi connectivity index (χ3v) is 3.67. The molecule has 0 aliphatic heterocycles. The summed E-state index contributed by atoms with van der Waals surface area (Å²) >= 11 is 0. The predicted octanol–water partition coefficient (Wildman–Crippen LogP) is 1.23. The first-order valence-corrected chi connectivity index (χ1v) is 6.13. The average Bonchev–Trinajstić information content (AvgIpc) is 2.16. The van der Waals surface area contributed by atoms with Gasteiger partial charge in [0.15, 0.2) is 9.84 Å². The van der Waals surface area contributed by atoms with Crippen molar-refractivity contribution in [3.8, 4) is 0 Å². The molecule has 4 heteroatoms. The molecule has 1 aromatic carbocycles. The van der Waals surface area contributed by atoms with Crippen molar-refractivity contribution in [1.82, 2.24) is 0 Å². The number of aliphatic hydroxyl groups excluding tert-OH is 1. The molecule has 0 heterocycles. The molecule has 3 nitrogen and oxygen atoms in total. The quantitative estimate of drug-likeness (QED) is 0.820. The summed E-state index contributed by atoms with van der Waals surface area (Å²) in [4.78, 5) is 0.320. The van der Waals surface area contributed by atoms with Crippen LogP contribution in [0, 0.1) is 0 Å². The van der Waals surface area contributed by atoms with Crippen molar-refractivity contribution < 1.29 is 13.5 Å². The Morgan fingerprint density at radius 2 is 1.86 bits per heavy atom. The lowest BCUT2D eigenvalue weighted by atomic mass is 10.3. The molecule has 0 radical (unpaired) electrons. The smallest absolute Gasteiger partial charge is 0.178 e. The van der Waals surface area contributed by atoms with Crippen molar-refractivity contribution in [2.24, 2.45) is 0 Å². The van der Waals surface area contributed by atoms with Crippen LogP contribution in [0.3, 0.4) is 0 Å². The van der Waals surface area contributed by atoms with Gasteiger partial charge in [0.25, 0.3) is 0 Å². The van der Waals surface area contributed by atoms with Crippen molar-refractivity contribution in [2.75, 3.05) is 5.75 Å². The van der Waals surface area contributed by atoms with Crippen LogP contribution in [0.15, 0.2) is 35.2 Å². The molecule has 0 bridgehead atoms. The van der Waals surface area contributed by atoms with Crippen LogP contribution in [0.2, 0.25) is 0 Å². The Bertz CT molecular complexity index is 368. The fraction of sp³-hybridized carbons (Fsp3) is 0.400. The van der Waals surface area contributed by atoms with Crippen molar-refractivity contribution >= 4 is 9.84 Å². The van der Waals surface area contributed by atoms with E-state index in [9.17, 15) is 8.42 Å². The van der Waals surface area contributed by atoms with Crippen LogP contribution in [0.5, 0.6) is 0 Å². The molecule has 0 fully saturated rings. The molecule has 14 heavy (non-hydrogen) atoms. The van der Waals surface area contributed by atoms with Gasteiger partial charge in [-0.15, -0.1) is 0 Å². The largest absolute Gasteiger partial charge is 0.393 e. The first kappa shape index (κ1) is 11.2. The molecule has 1 atom stereocenters. The lowest BCUT2D eigenvalue weighted by Crippen LogP contribution is -2.12. The van der Waals surface area contributed by atoms with Gasteiger partial charge >= 0.3 is 0 Å². The van der Waals surface area contributed by atoms with E-state index in [4.69, 9.17) is 5.11 Å². The van der Waals surface area contributed by atoms with E-state index in [1.165, 1.54) is 0 Å². The van der Waals surface area contributed by atoms with E-state index in [1.807, 2.05) is 0 Å². The summed E-state index contributed by atoms with van der Waals surface area (Å²) < 4.78 is 23.3. The van der Waals surface area contributed by atoms with Crippen LogP contribution < -0.4 is 0 Å². The molecule has 0 aliphatic rings. The molecule has 0 unspecified atom stereocenters. The topological polar surface area (TPSA) is 54.4 Å². The molecular weight excluding hydrogens is 200 g/mol. The van der Waals surface area contributed by atoms with Crippen molar-refractivity contribution in [3.05, 3.63) is 30.3 Å². The summed E-state index contributed by atoms with van der Waals surface area (Å²) in [5.74, 6) is -0.00528. The first-order valence-electron chi connectivity index (χ1n) is 4.48. The minimum Gasteiger partial charge on any atom is -0.393 e. The Morgan fingerprint density at radius 3 is 2.36 bits per heavy atom. The van der Waals surface area contributed by atoms with Crippen LogP contribution in [0.4, 0.5) is 0 Å². The summed E-state index contributed by atoms with van der Waals surface area (Å²) in [5, 5.41) is 9.00. The minimum atomic E-state index is -3.22. The molecule has 1 N–H and O–H groups in total. The second-order valence-electron chi connectivity index (χ2n) is 3.27. The molecule has 78 valence electrons. The SMILES string of the molecule is C[C@H](O)CCS(=O)(=O)c1ccccc1. The Kier molecular flexibility index (Phi) is 3.66. The van der Waals surface area contributed by atoms with Crippen LogP contribution in [-0.4, -0.2) is 25.4 Å². The summed E-state index contributed by atoms with van der Waals surface area (Å²) in [7, 11) is -3.22. The number of sulfone groups is 1. The van der Waals surface area contributed by atoms with E-state index in [1.54, 1.807) is 37.3 Å². The lowest BCUT2D eigenvalue weighted by molar-refractivity contribution is 0.191. The molecule has 0 amide bonds.